The Labute approximate surface area is 180 Å². The minimum absolute atomic E-state index is 0.0502. The minimum atomic E-state index is -1.74. The van der Waals surface area contributed by atoms with Crippen molar-refractivity contribution in [3.8, 4) is 18.2 Å². The smallest absolute Gasteiger partial charge is 0.217 e. The number of rotatable bonds is 3. The summed E-state index contributed by atoms with van der Waals surface area (Å²) < 4.78 is 12.8. The summed E-state index contributed by atoms with van der Waals surface area (Å²) in [5.41, 5.74) is -3.32. The van der Waals surface area contributed by atoms with E-state index in [1.54, 1.807) is 0 Å². The lowest BCUT2D eigenvalue weighted by atomic mass is 9.51. The van der Waals surface area contributed by atoms with E-state index >= 15 is 0 Å². The monoisotopic (exact) mass is 410 g/mol. The van der Waals surface area contributed by atoms with Gasteiger partial charge in [-0.05, 0) is 18.8 Å². The Kier molecular flexibility index (Phi) is 6.74. The molecule has 162 valence electrons. The van der Waals surface area contributed by atoms with E-state index in [0.29, 0.717) is 12.8 Å². The van der Waals surface area contributed by atoms with Crippen LogP contribution < -0.4 is 0 Å². The molecule has 3 aliphatic rings. The van der Waals surface area contributed by atoms with E-state index in [9.17, 15) is 15.8 Å². The van der Waals surface area contributed by atoms with Gasteiger partial charge in [0, 0.05) is 6.42 Å². The maximum atomic E-state index is 10.5. The van der Waals surface area contributed by atoms with Gasteiger partial charge in [0.25, 0.3) is 0 Å². The van der Waals surface area contributed by atoms with E-state index in [1.807, 2.05) is 13.8 Å². The molecular formula is C24H34N4O2. The molecule has 0 aromatic heterocycles. The van der Waals surface area contributed by atoms with Crippen LogP contribution in [0, 0.1) is 62.1 Å². The predicted molar refractivity (Wildman–Crippen MR) is 112 cm³/mol. The van der Waals surface area contributed by atoms with Gasteiger partial charge in [0.05, 0.1) is 30.2 Å². The lowest BCUT2D eigenvalue weighted by Gasteiger charge is -2.52. The summed E-state index contributed by atoms with van der Waals surface area (Å²) in [5.74, 6) is -1.82. The molecule has 0 aromatic carbocycles. The van der Waals surface area contributed by atoms with Crippen LogP contribution >= 0.6 is 0 Å². The van der Waals surface area contributed by atoms with Gasteiger partial charge in [0.15, 0.2) is 10.8 Å². The van der Waals surface area contributed by atoms with Crippen molar-refractivity contribution >= 4 is 5.90 Å². The molecule has 0 aromatic rings. The summed E-state index contributed by atoms with van der Waals surface area (Å²) >= 11 is 0. The molecule has 0 spiro atoms. The topological polar surface area (TPSA) is 114 Å². The van der Waals surface area contributed by atoms with Gasteiger partial charge < -0.3 is 9.47 Å². The van der Waals surface area contributed by atoms with E-state index in [2.05, 4.69) is 18.2 Å². The Hall–Kier alpha value is -2.10. The predicted octanol–water partition coefficient (Wildman–Crippen LogP) is 5.60. The van der Waals surface area contributed by atoms with Crippen molar-refractivity contribution in [2.24, 2.45) is 22.7 Å². The molecule has 4 unspecified atom stereocenters. The first-order valence-corrected chi connectivity index (χ1v) is 11.7. The zero-order valence-electron chi connectivity index (χ0n) is 18.4. The first-order valence-electron chi connectivity index (χ1n) is 11.7. The first kappa shape index (κ1) is 22.6. The van der Waals surface area contributed by atoms with Crippen molar-refractivity contribution in [2.75, 3.05) is 0 Å². The molecule has 2 heterocycles. The second kappa shape index (κ2) is 8.95. The summed E-state index contributed by atoms with van der Waals surface area (Å²) in [6.07, 6.45) is 10.6. The molecule has 2 aliphatic heterocycles. The highest BCUT2D eigenvalue weighted by atomic mass is 16.7. The third-order valence-electron chi connectivity index (χ3n) is 7.84. The molecule has 3 fully saturated rings. The molecule has 4 atom stereocenters. The van der Waals surface area contributed by atoms with E-state index in [0.717, 1.165) is 51.4 Å². The quantitative estimate of drug-likeness (QED) is 0.650. The van der Waals surface area contributed by atoms with Crippen LogP contribution in [0.3, 0.4) is 0 Å². The van der Waals surface area contributed by atoms with Gasteiger partial charge in [-0.3, -0.25) is 5.41 Å². The zero-order chi connectivity index (χ0) is 21.8. The Morgan fingerprint density at radius 2 is 1.50 bits per heavy atom. The van der Waals surface area contributed by atoms with Crippen LogP contribution in [0.5, 0.6) is 0 Å². The molecule has 0 amide bonds. The number of nitriles is 3. The third kappa shape index (κ3) is 3.11. The molecule has 1 N–H and O–H groups in total. The molecule has 6 heteroatoms. The molecule has 3 rings (SSSR count). The fourth-order valence-electron chi connectivity index (χ4n) is 6.11. The van der Waals surface area contributed by atoms with Crippen molar-refractivity contribution in [2.45, 2.75) is 103 Å². The highest BCUT2D eigenvalue weighted by molar-refractivity contribution is 5.89. The zero-order valence-corrected chi connectivity index (χ0v) is 18.4. The number of nitrogens with zero attached hydrogens (tertiary/aromatic N) is 3. The maximum absolute atomic E-state index is 10.5. The molecule has 0 radical (unpaired) electrons. The van der Waals surface area contributed by atoms with E-state index in [1.165, 1.54) is 12.8 Å². The largest absolute Gasteiger partial charge is 0.447 e. The summed E-state index contributed by atoms with van der Waals surface area (Å²) in [4.78, 5) is 0. The van der Waals surface area contributed by atoms with Crippen LogP contribution in [-0.4, -0.2) is 17.8 Å². The standard InChI is InChI=1S/C24H34N4O2/c1-3-18(4-2)20-22(15-25,16-26)23(17-27)19-13-11-9-7-5-6-8-10-12-14-24(19,29-20)30-21(23)28/h18-20,28H,3-14H2,1-2H3. The molecule has 1 saturated carbocycles. The molecule has 6 nitrogen and oxygen atoms in total. The summed E-state index contributed by atoms with van der Waals surface area (Å²) in [6.45, 7) is 4.05. The summed E-state index contributed by atoms with van der Waals surface area (Å²) in [5, 5.41) is 39.9. The Bertz CT molecular complexity index is 758. The van der Waals surface area contributed by atoms with Crippen molar-refractivity contribution in [3.05, 3.63) is 0 Å². The SMILES string of the molecule is CCC(CC)C1OC23CCCCCCCCCCC2C(C#N)(C(=N)O3)C1(C#N)C#N. The highest BCUT2D eigenvalue weighted by Crippen LogP contribution is 2.66. The molecule has 2 saturated heterocycles. The van der Waals surface area contributed by atoms with Gasteiger partial charge in [-0.25, -0.2) is 0 Å². The normalized spacial score (nSPS) is 36.2. The maximum Gasteiger partial charge on any atom is 0.217 e. The first-order chi connectivity index (χ1) is 14.5. The van der Waals surface area contributed by atoms with Crippen LogP contribution in [0.4, 0.5) is 0 Å². The van der Waals surface area contributed by atoms with Crippen molar-refractivity contribution in [1.82, 2.24) is 0 Å². The number of hydrogen-bond acceptors (Lipinski definition) is 6. The highest BCUT2D eigenvalue weighted by Gasteiger charge is 2.80. The van der Waals surface area contributed by atoms with E-state index in [4.69, 9.17) is 14.9 Å². The Morgan fingerprint density at radius 1 is 0.933 bits per heavy atom. The molecule has 30 heavy (non-hydrogen) atoms. The number of nitrogens with one attached hydrogen (secondary N) is 1. The fourth-order valence-corrected chi connectivity index (χ4v) is 6.11. The lowest BCUT2D eigenvalue weighted by Crippen LogP contribution is -2.64. The average molecular weight is 411 g/mol. The minimum Gasteiger partial charge on any atom is -0.447 e. The van der Waals surface area contributed by atoms with Gasteiger partial charge in [-0.1, -0.05) is 71.6 Å². The second-order valence-electron chi connectivity index (χ2n) is 9.23. The van der Waals surface area contributed by atoms with Gasteiger partial charge in [0.1, 0.15) is 0 Å². The van der Waals surface area contributed by atoms with E-state index in [-0.39, 0.29) is 11.8 Å². The number of ether oxygens (including phenoxy) is 2. The van der Waals surface area contributed by atoms with Crippen LogP contribution in [0.25, 0.3) is 0 Å². The van der Waals surface area contributed by atoms with Crippen LogP contribution in [-0.2, 0) is 9.47 Å². The van der Waals surface area contributed by atoms with Crippen LogP contribution in [0.1, 0.15) is 90.9 Å². The van der Waals surface area contributed by atoms with Crippen molar-refractivity contribution < 1.29 is 9.47 Å². The Morgan fingerprint density at radius 3 is 2.03 bits per heavy atom. The Balaban J connectivity index is 2.16. The molecule has 2 bridgehead atoms. The molecular weight excluding hydrogens is 376 g/mol. The van der Waals surface area contributed by atoms with Gasteiger partial charge >= 0.3 is 0 Å². The van der Waals surface area contributed by atoms with Crippen LogP contribution in [0.15, 0.2) is 0 Å². The van der Waals surface area contributed by atoms with E-state index < -0.39 is 28.6 Å². The average Bonchev–Trinajstić information content (AvgIpc) is 2.93. The van der Waals surface area contributed by atoms with Crippen molar-refractivity contribution in [1.29, 1.82) is 21.2 Å². The van der Waals surface area contributed by atoms with Gasteiger partial charge in [0.2, 0.25) is 11.7 Å². The van der Waals surface area contributed by atoms with Crippen LogP contribution in [0.2, 0.25) is 0 Å². The van der Waals surface area contributed by atoms with Gasteiger partial charge in [-0.2, -0.15) is 15.8 Å². The summed E-state index contributed by atoms with van der Waals surface area (Å²) in [7, 11) is 0. The second-order valence-corrected chi connectivity index (χ2v) is 9.23. The summed E-state index contributed by atoms with van der Waals surface area (Å²) in [6, 6.07) is 6.72. The van der Waals surface area contributed by atoms with Gasteiger partial charge in [-0.15, -0.1) is 0 Å². The van der Waals surface area contributed by atoms with Crippen molar-refractivity contribution in [3.63, 3.8) is 0 Å². The third-order valence-corrected chi connectivity index (χ3v) is 7.84. The molecule has 1 aliphatic carbocycles. The lowest BCUT2D eigenvalue weighted by molar-refractivity contribution is -0.295. The number of hydrogen-bond donors (Lipinski definition) is 1. The fraction of sp³-hybridized carbons (Fsp3) is 0.833.